The fourth-order valence-electron chi connectivity index (χ4n) is 4.52. The molecule has 0 bridgehead atoms. The third-order valence-electron chi connectivity index (χ3n) is 6.49. The summed E-state index contributed by atoms with van der Waals surface area (Å²) in [5, 5.41) is 3.36. The predicted octanol–water partition coefficient (Wildman–Crippen LogP) is 6.40. The highest BCUT2D eigenvalue weighted by atomic mass is 16.9. The van der Waals surface area contributed by atoms with Gasteiger partial charge in [-0.1, -0.05) is 96.8 Å². The van der Waals surface area contributed by atoms with Crippen molar-refractivity contribution in [2.45, 2.75) is 122 Å². The summed E-state index contributed by atoms with van der Waals surface area (Å²) in [6, 6.07) is 0. The van der Waals surface area contributed by atoms with E-state index in [0.717, 1.165) is 32.5 Å². The summed E-state index contributed by atoms with van der Waals surface area (Å²) in [4.78, 5) is 0. The van der Waals surface area contributed by atoms with Gasteiger partial charge in [-0.15, -0.1) is 0 Å². The molecule has 0 aliphatic heterocycles. The number of methoxy groups -OCH3 is 3. The molecule has 0 rings (SSSR count). The SMILES string of the molecule is CCCCCCCCC(CCCCCCCCCCCNCCN)C(OC)(OC)OC. The molecule has 0 aromatic rings. The van der Waals surface area contributed by atoms with Gasteiger partial charge in [0.15, 0.2) is 0 Å². The van der Waals surface area contributed by atoms with Crippen molar-refractivity contribution >= 4 is 0 Å². The van der Waals surface area contributed by atoms with Crippen LogP contribution in [0.25, 0.3) is 0 Å². The summed E-state index contributed by atoms with van der Waals surface area (Å²) in [5.41, 5.74) is 5.48. The Balaban J connectivity index is 3.95. The zero-order valence-electron chi connectivity index (χ0n) is 21.5. The standard InChI is InChI=1S/C26H56N2O3/c1-5-6-7-8-14-17-20-25(26(29-2,30-3)31-4)21-18-15-12-10-9-11-13-16-19-23-28-24-22-27/h25,28H,5-24,27H2,1-4H3. The molecule has 188 valence electrons. The first-order chi connectivity index (χ1) is 15.2. The van der Waals surface area contributed by atoms with Crippen LogP contribution in [0.5, 0.6) is 0 Å². The molecule has 0 radical (unpaired) electrons. The van der Waals surface area contributed by atoms with Crippen molar-refractivity contribution in [1.29, 1.82) is 0 Å². The fourth-order valence-corrected chi connectivity index (χ4v) is 4.52. The van der Waals surface area contributed by atoms with E-state index in [2.05, 4.69) is 12.2 Å². The van der Waals surface area contributed by atoms with Crippen molar-refractivity contribution in [1.82, 2.24) is 5.32 Å². The minimum absolute atomic E-state index is 0.298. The molecule has 0 saturated heterocycles. The van der Waals surface area contributed by atoms with Gasteiger partial charge < -0.3 is 25.3 Å². The fraction of sp³-hybridized carbons (Fsp3) is 1.00. The molecule has 0 aliphatic carbocycles. The van der Waals surface area contributed by atoms with E-state index in [0.29, 0.717) is 5.92 Å². The molecule has 31 heavy (non-hydrogen) atoms. The molecule has 5 heteroatoms. The van der Waals surface area contributed by atoms with Gasteiger partial charge in [-0.2, -0.15) is 0 Å². The highest BCUT2D eigenvalue weighted by Gasteiger charge is 2.39. The van der Waals surface area contributed by atoms with Crippen molar-refractivity contribution in [3.63, 3.8) is 0 Å². The van der Waals surface area contributed by atoms with Crippen molar-refractivity contribution in [3.05, 3.63) is 0 Å². The smallest absolute Gasteiger partial charge is 0.285 e. The lowest BCUT2D eigenvalue weighted by molar-refractivity contribution is -0.380. The Labute approximate surface area is 194 Å². The van der Waals surface area contributed by atoms with E-state index in [-0.39, 0.29) is 0 Å². The number of hydrogen-bond acceptors (Lipinski definition) is 5. The van der Waals surface area contributed by atoms with Crippen LogP contribution in [-0.2, 0) is 14.2 Å². The molecule has 0 aliphatic rings. The normalized spacial score (nSPS) is 13.1. The quantitative estimate of drug-likeness (QED) is 0.126. The molecular formula is C26H56N2O3. The number of nitrogens with two attached hydrogens (primary N) is 1. The number of rotatable bonds is 25. The average molecular weight is 445 g/mol. The Hall–Kier alpha value is -0.200. The number of unbranched alkanes of at least 4 members (excludes halogenated alkanes) is 13. The van der Waals surface area contributed by atoms with Crippen molar-refractivity contribution in [2.75, 3.05) is 41.0 Å². The average Bonchev–Trinajstić information content (AvgIpc) is 2.80. The predicted molar refractivity (Wildman–Crippen MR) is 133 cm³/mol. The largest absolute Gasteiger partial charge is 0.331 e. The molecule has 1 unspecified atom stereocenters. The Kier molecular flexibility index (Phi) is 22.8. The second-order valence-electron chi connectivity index (χ2n) is 8.98. The summed E-state index contributed by atoms with van der Waals surface area (Å²) in [5.74, 6) is -0.589. The van der Waals surface area contributed by atoms with Gasteiger partial charge in [-0.3, -0.25) is 0 Å². The van der Waals surface area contributed by atoms with E-state index in [1.54, 1.807) is 21.3 Å². The van der Waals surface area contributed by atoms with Crippen LogP contribution in [0.15, 0.2) is 0 Å². The Morgan fingerprint density at radius 3 is 1.45 bits per heavy atom. The molecule has 0 spiro atoms. The van der Waals surface area contributed by atoms with Crippen LogP contribution < -0.4 is 11.1 Å². The van der Waals surface area contributed by atoms with Gasteiger partial charge in [0.25, 0.3) is 5.97 Å². The number of nitrogens with one attached hydrogen (secondary N) is 1. The summed E-state index contributed by atoms with van der Waals surface area (Å²) in [6.07, 6.45) is 22.0. The second-order valence-corrected chi connectivity index (χ2v) is 8.98. The molecule has 5 nitrogen and oxygen atoms in total. The molecule has 0 amide bonds. The number of hydrogen-bond donors (Lipinski definition) is 2. The first-order valence-electron chi connectivity index (χ1n) is 13.3. The van der Waals surface area contributed by atoms with Gasteiger partial charge in [-0.05, 0) is 25.8 Å². The van der Waals surface area contributed by atoms with Crippen LogP contribution in [-0.4, -0.2) is 46.9 Å². The molecule has 0 aromatic carbocycles. The van der Waals surface area contributed by atoms with Crippen LogP contribution in [0.2, 0.25) is 0 Å². The van der Waals surface area contributed by atoms with Crippen LogP contribution in [0.4, 0.5) is 0 Å². The highest BCUT2D eigenvalue weighted by molar-refractivity contribution is 4.72. The Bertz CT molecular complexity index is 343. The van der Waals surface area contributed by atoms with Crippen LogP contribution in [0, 0.1) is 5.92 Å². The van der Waals surface area contributed by atoms with Gasteiger partial charge in [0.1, 0.15) is 0 Å². The maximum Gasteiger partial charge on any atom is 0.285 e. The van der Waals surface area contributed by atoms with Gasteiger partial charge in [0.2, 0.25) is 0 Å². The molecule has 1 atom stereocenters. The van der Waals surface area contributed by atoms with Crippen molar-refractivity contribution < 1.29 is 14.2 Å². The maximum absolute atomic E-state index is 5.70. The van der Waals surface area contributed by atoms with Crippen LogP contribution in [0.1, 0.15) is 116 Å². The van der Waals surface area contributed by atoms with Gasteiger partial charge in [0, 0.05) is 40.3 Å². The minimum atomic E-state index is -0.886. The monoisotopic (exact) mass is 444 g/mol. The summed E-state index contributed by atoms with van der Waals surface area (Å²) in [6.45, 7) is 5.07. The zero-order chi connectivity index (χ0) is 23.0. The summed E-state index contributed by atoms with van der Waals surface area (Å²) in [7, 11) is 5.11. The Morgan fingerprint density at radius 1 is 0.613 bits per heavy atom. The second kappa shape index (κ2) is 23.0. The lowest BCUT2D eigenvalue weighted by Crippen LogP contribution is -2.44. The van der Waals surface area contributed by atoms with Gasteiger partial charge in [0.05, 0.1) is 0 Å². The van der Waals surface area contributed by atoms with Gasteiger partial charge >= 0.3 is 0 Å². The molecule has 0 heterocycles. The van der Waals surface area contributed by atoms with Crippen LogP contribution >= 0.6 is 0 Å². The molecule has 3 N–H and O–H groups in total. The summed E-state index contributed by atoms with van der Waals surface area (Å²) >= 11 is 0. The number of ether oxygens (including phenoxy) is 3. The third kappa shape index (κ3) is 16.1. The zero-order valence-corrected chi connectivity index (χ0v) is 21.5. The van der Waals surface area contributed by atoms with E-state index in [1.165, 1.54) is 96.3 Å². The lowest BCUT2D eigenvalue weighted by atomic mass is 9.91. The molecule has 0 fully saturated rings. The maximum atomic E-state index is 5.70. The lowest BCUT2D eigenvalue weighted by Gasteiger charge is -2.36. The topological polar surface area (TPSA) is 65.7 Å². The third-order valence-corrected chi connectivity index (χ3v) is 6.49. The van der Waals surface area contributed by atoms with Crippen molar-refractivity contribution in [3.8, 4) is 0 Å². The van der Waals surface area contributed by atoms with E-state index < -0.39 is 5.97 Å². The first kappa shape index (κ1) is 30.8. The van der Waals surface area contributed by atoms with E-state index in [4.69, 9.17) is 19.9 Å². The Morgan fingerprint density at radius 2 is 1.03 bits per heavy atom. The van der Waals surface area contributed by atoms with E-state index in [1.807, 2.05) is 0 Å². The molecular weight excluding hydrogens is 388 g/mol. The van der Waals surface area contributed by atoms with E-state index >= 15 is 0 Å². The molecule has 0 saturated carbocycles. The van der Waals surface area contributed by atoms with Crippen LogP contribution in [0.3, 0.4) is 0 Å². The minimum Gasteiger partial charge on any atom is -0.331 e. The highest BCUT2D eigenvalue weighted by Crippen LogP contribution is 2.33. The summed E-state index contributed by atoms with van der Waals surface area (Å²) < 4.78 is 17.1. The van der Waals surface area contributed by atoms with Gasteiger partial charge in [-0.25, -0.2) is 0 Å². The molecule has 0 aromatic heterocycles. The van der Waals surface area contributed by atoms with E-state index in [9.17, 15) is 0 Å². The first-order valence-corrected chi connectivity index (χ1v) is 13.3. The van der Waals surface area contributed by atoms with Crippen molar-refractivity contribution in [2.24, 2.45) is 11.7 Å².